The molecule has 1 unspecified atom stereocenters. The Kier molecular flexibility index (Phi) is 4.36. The van der Waals surface area contributed by atoms with Gasteiger partial charge in [0, 0.05) is 24.9 Å². The van der Waals surface area contributed by atoms with Crippen LogP contribution >= 0.6 is 11.3 Å². The van der Waals surface area contributed by atoms with Gasteiger partial charge in [-0.25, -0.2) is 14.6 Å². The van der Waals surface area contributed by atoms with Gasteiger partial charge in [0.05, 0.1) is 10.7 Å². The van der Waals surface area contributed by atoms with Gasteiger partial charge in [0.25, 0.3) is 0 Å². The van der Waals surface area contributed by atoms with Crippen molar-refractivity contribution in [3.05, 3.63) is 16.1 Å². The Hall–Kier alpha value is -1.63. The lowest BCUT2D eigenvalue weighted by Gasteiger charge is -2.21. The summed E-state index contributed by atoms with van der Waals surface area (Å²) in [6, 6.07) is -0.974. The lowest BCUT2D eigenvalue weighted by molar-refractivity contribution is -0.141. The van der Waals surface area contributed by atoms with Crippen molar-refractivity contribution in [3.63, 3.8) is 0 Å². The van der Waals surface area contributed by atoms with Crippen LogP contribution in [0.2, 0.25) is 0 Å². The number of carbonyl (C=O) groups is 2. The highest BCUT2D eigenvalue weighted by Gasteiger charge is 2.33. The number of hydrogen-bond donors (Lipinski definition) is 2. The predicted octanol–water partition coefficient (Wildman–Crippen LogP) is 1.25. The molecule has 2 heterocycles. The first-order valence-electron chi connectivity index (χ1n) is 6.26. The first kappa shape index (κ1) is 13.8. The number of carboxylic acid groups (broad SMARTS) is 1. The monoisotopic (exact) mass is 283 g/mol. The molecule has 1 aromatic rings. The predicted molar refractivity (Wildman–Crippen MR) is 71.3 cm³/mol. The van der Waals surface area contributed by atoms with Gasteiger partial charge < -0.3 is 15.3 Å². The van der Waals surface area contributed by atoms with E-state index in [1.807, 2.05) is 12.3 Å². The minimum absolute atomic E-state index is 0.295. The quantitative estimate of drug-likeness (QED) is 0.871. The van der Waals surface area contributed by atoms with Crippen LogP contribution in [0.3, 0.4) is 0 Å². The van der Waals surface area contributed by atoms with E-state index in [0.29, 0.717) is 25.9 Å². The molecule has 0 radical (unpaired) electrons. The second-order valence-corrected chi connectivity index (χ2v) is 5.59. The van der Waals surface area contributed by atoms with E-state index in [1.165, 1.54) is 4.90 Å². The summed E-state index contributed by atoms with van der Waals surface area (Å²) in [5, 5.41) is 14.7. The molecule has 2 N–H and O–H groups in total. The van der Waals surface area contributed by atoms with Crippen molar-refractivity contribution in [2.75, 3.05) is 13.1 Å². The summed E-state index contributed by atoms with van der Waals surface area (Å²) in [5.41, 5.74) is 0.957. The number of carboxylic acids is 1. The van der Waals surface area contributed by atoms with Crippen LogP contribution in [0, 0.1) is 6.92 Å². The molecule has 1 fully saturated rings. The number of nitrogens with zero attached hydrogens (tertiary/aromatic N) is 2. The molecule has 2 rings (SSSR count). The van der Waals surface area contributed by atoms with Crippen LogP contribution < -0.4 is 5.32 Å². The summed E-state index contributed by atoms with van der Waals surface area (Å²) in [7, 11) is 0. The Bertz CT molecular complexity index is 475. The number of nitrogens with one attached hydrogen (secondary N) is 1. The Morgan fingerprint density at radius 2 is 2.42 bits per heavy atom. The van der Waals surface area contributed by atoms with Gasteiger partial charge in [0.2, 0.25) is 0 Å². The lowest BCUT2D eigenvalue weighted by Crippen LogP contribution is -2.46. The van der Waals surface area contributed by atoms with Gasteiger partial charge in [-0.1, -0.05) is 0 Å². The Morgan fingerprint density at radius 3 is 3.05 bits per heavy atom. The smallest absolute Gasteiger partial charge is 0.326 e. The summed E-state index contributed by atoms with van der Waals surface area (Å²) in [6.45, 7) is 2.93. The molecule has 1 atom stereocenters. The topological polar surface area (TPSA) is 82.5 Å². The molecule has 0 aromatic carbocycles. The van der Waals surface area contributed by atoms with Gasteiger partial charge >= 0.3 is 12.0 Å². The molecule has 0 aliphatic carbocycles. The highest BCUT2D eigenvalue weighted by atomic mass is 32.1. The largest absolute Gasteiger partial charge is 0.480 e. The standard InChI is InChI=1S/C12H17N3O3S/c1-8-14-9(7-19-8)4-5-13-12(18)15-6-2-3-10(15)11(16)17/h7,10H,2-6H2,1H3,(H,13,18)(H,16,17). The van der Waals surface area contributed by atoms with Crippen molar-refractivity contribution in [1.82, 2.24) is 15.2 Å². The third-order valence-electron chi connectivity index (χ3n) is 3.12. The van der Waals surface area contributed by atoms with E-state index in [4.69, 9.17) is 5.11 Å². The number of thiazole rings is 1. The van der Waals surface area contributed by atoms with E-state index in [9.17, 15) is 9.59 Å². The minimum Gasteiger partial charge on any atom is -0.480 e. The van der Waals surface area contributed by atoms with Crippen molar-refractivity contribution >= 4 is 23.3 Å². The summed E-state index contributed by atoms with van der Waals surface area (Å²) in [5.74, 6) is -0.928. The number of aliphatic carboxylic acids is 1. The zero-order valence-electron chi connectivity index (χ0n) is 10.8. The van der Waals surface area contributed by atoms with Crippen molar-refractivity contribution < 1.29 is 14.7 Å². The third-order valence-corrected chi connectivity index (χ3v) is 3.94. The van der Waals surface area contributed by atoms with Crippen LogP contribution in [0.5, 0.6) is 0 Å². The molecule has 0 saturated carbocycles. The van der Waals surface area contributed by atoms with E-state index < -0.39 is 12.0 Å². The zero-order chi connectivity index (χ0) is 13.8. The number of hydrogen-bond acceptors (Lipinski definition) is 4. The second-order valence-electron chi connectivity index (χ2n) is 4.53. The molecule has 2 amide bonds. The van der Waals surface area contributed by atoms with Crippen molar-refractivity contribution in [2.24, 2.45) is 0 Å². The van der Waals surface area contributed by atoms with E-state index in [0.717, 1.165) is 17.1 Å². The molecule has 104 valence electrons. The summed E-state index contributed by atoms with van der Waals surface area (Å²) < 4.78 is 0. The van der Waals surface area contributed by atoms with Crippen LogP contribution in [0.4, 0.5) is 4.79 Å². The summed E-state index contributed by atoms with van der Waals surface area (Å²) in [4.78, 5) is 28.6. The maximum absolute atomic E-state index is 11.9. The Labute approximate surface area is 115 Å². The van der Waals surface area contributed by atoms with E-state index in [1.54, 1.807) is 11.3 Å². The molecule has 0 spiro atoms. The van der Waals surface area contributed by atoms with Gasteiger partial charge in [-0.05, 0) is 19.8 Å². The van der Waals surface area contributed by atoms with Crippen LogP contribution in [0.15, 0.2) is 5.38 Å². The van der Waals surface area contributed by atoms with Gasteiger partial charge in [0.15, 0.2) is 0 Å². The maximum atomic E-state index is 11.9. The van der Waals surface area contributed by atoms with Gasteiger partial charge in [0.1, 0.15) is 6.04 Å². The fourth-order valence-corrected chi connectivity index (χ4v) is 2.84. The number of aryl methyl sites for hydroxylation is 1. The first-order valence-corrected chi connectivity index (χ1v) is 7.14. The van der Waals surface area contributed by atoms with Crippen molar-refractivity contribution in [3.8, 4) is 0 Å². The van der Waals surface area contributed by atoms with Gasteiger partial charge in [-0.15, -0.1) is 11.3 Å². The summed E-state index contributed by atoms with van der Waals surface area (Å²) >= 11 is 1.58. The zero-order valence-corrected chi connectivity index (χ0v) is 11.6. The van der Waals surface area contributed by atoms with Crippen molar-refractivity contribution in [2.45, 2.75) is 32.2 Å². The molecule has 1 saturated heterocycles. The number of rotatable bonds is 4. The molecule has 19 heavy (non-hydrogen) atoms. The Morgan fingerprint density at radius 1 is 1.63 bits per heavy atom. The van der Waals surface area contributed by atoms with Crippen LogP contribution in [0.25, 0.3) is 0 Å². The van der Waals surface area contributed by atoms with Crippen molar-refractivity contribution in [1.29, 1.82) is 0 Å². The highest BCUT2D eigenvalue weighted by Crippen LogP contribution is 2.17. The van der Waals surface area contributed by atoms with Crippen LogP contribution in [0.1, 0.15) is 23.5 Å². The molecule has 6 nitrogen and oxygen atoms in total. The molecular weight excluding hydrogens is 266 g/mol. The normalized spacial score (nSPS) is 18.6. The fourth-order valence-electron chi connectivity index (χ4n) is 2.19. The molecule has 1 aliphatic rings. The number of urea groups is 1. The Balaban J connectivity index is 1.79. The molecule has 1 aliphatic heterocycles. The van der Waals surface area contributed by atoms with Crippen LogP contribution in [-0.4, -0.2) is 46.1 Å². The molecule has 1 aromatic heterocycles. The van der Waals surface area contributed by atoms with Crippen LogP contribution in [-0.2, 0) is 11.2 Å². The van der Waals surface area contributed by atoms with E-state index >= 15 is 0 Å². The minimum atomic E-state index is -0.928. The number of aromatic nitrogens is 1. The number of carbonyl (C=O) groups excluding carboxylic acids is 1. The van der Waals surface area contributed by atoms with E-state index in [-0.39, 0.29) is 6.03 Å². The first-order chi connectivity index (χ1) is 9.08. The average molecular weight is 283 g/mol. The maximum Gasteiger partial charge on any atom is 0.326 e. The lowest BCUT2D eigenvalue weighted by atomic mass is 10.2. The molecule has 0 bridgehead atoms. The van der Waals surface area contributed by atoms with E-state index in [2.05, 4.69) is 10.3 Å². The van der Waals surface area contributed by atoms with Gasteiger partial charge in [-0.3, -0.25) is 0 Å². The third kappa shape index (κ3) is 3.44. The molecular formula is C12H17N3O3S. The number of amides is 2. The number of likely N-dealkylation sites (tertiary alicyclic amines) is 1. The molecule has 7 heteroatoms. The highest BCUT2D eigenvalue weighted by molar-refractivity contribution is 7.09. The average Bonchev–Trinajstić information content (AvgIpc) is 2.97. The summed E-state index contributed by atoms with van der Waals surface area (Å²) in [6.07, 6.45) is 1.95. The van der Waals surface area contributed by atoms with Gasteiger partial charge in [-0.2, -0.15) is 0 Å². The fraction of sp³-hybridized carbons (Fsp3) is 0.583. The SMILES string of the molecule is Cc1nc(CCNC(=O)N2CCCC2C(=O)O)cs1. The second kappa shape index (κ2) is 6.01.